The van der Waals surface area contributed by atoms with Crippen LogP contribution in [0.2, 0.25) is 5.02 Å². The molecule has 2 amide bonds. The number of aryl methyl sites for hydroxylation is 1. The van der Waals surface area contributed by atoms with Crippen molar-refractivity contribution in [2.24, 2.45) is 0 Å². The van der Waals surface area contributed by atoms with Crippen LogP contribution in [0.3, 0.4) is 0 Å². The molecule has 8 heteroatoms. The van der Waals surface area contributed by atoms with Crippen molar-refractivity contribution in [2.75, 3.05) is 12.4 Å². The lowest BCUT2D eigenvalue weighted by Gasteiger charge is -2.23. The fourth-order valence-electron chi connectivity index (χ4n) is 4.04. The van der Waals surface area contributed by atoms with Gasteiger partial charge in [-0.05, 0) is 61.7 Å². The van der Waals surface area contributed by atoms with Gasteiger partial charge in [-0.25, -0.2) is 4.68 Å². The molecule has 1 saturated carbocycles. The molecule has 0 unspecified atom stereocenters. The highest BCUT2D eigenvalue weighted by Gasteiger charge is 2.19. The van der Waals surface area contributed by atoms with E-state index in [-0.39, 0.29) is 23.6 Å². The second-order valence-electron chi connectivity index (χ2n) is 8.28. The van der Waals surface area contributed by atoms with Crippen LogP contribution in [0.25, 0.3) is 5.69 Å². The number of ether oxygens (including phenoxy) is 1. The number of hydrogen-bond acceptors (Lipinski definition) is 4. The lowest BCUT2D eigenvalue weighted by molar-refractivity contribution is 0.0926. The Labute approximate surface area is 198 Å². The molecule has 172 valence electrons. The van der Waals surface area contributed by atoms with Crippen LogP contribution in [-0.4, -0.2) is 34.7 Å². The summed E-state index contributed by atoms with van der Waals surface area (Å²) in [6.45, 7) is 1.97. The molecule has 2 aromatic carbocycles. The van der Waals surface area contributed by atoms with Crippen molar-refractivity contribution in [2.45, 2.75) is 45.1 Å². The lowest BCUT2D eigenvalue weighted by atomic mass is 9.95. The number of carbonyl (C=O) groups excluding carboxylic acids is 2. The van der Waals surface area contributed by atoms with Gasteiger partial charge in [-0.2, -0.15) is 5.10 Å². The van der Waals surface area contributed by atoms with E-state index in [9.17, 15) is 9.59 Å². The second kappa shape index (κ2) is 10.1. The Kier molecular flexibility index (Phi) is 6.99. The van der Waals surface area contributed by atoms with Gasteiger partial charge in [0.1, 0.15) is 11.4 Å². The number of hydrogen-bond donors (Lipinski definition) is 2. The highest BCUT2D eigenvalue weighted by atomic mass is 35.5. The number of benzene rings is 2. The Morgan fingerprint density at radius 1 is 1.06 bits per heavy atom. The predicted molar refractivity (Wildman–Crippen MR) is 129 cm³/mol. The molecule has 0 radical (unpaired) electrons. The van der Waals surface area contributed by atoms with E-state index in [2.05, 4.69) is 15.7 Å². The quantitative estimate of drug-likeness (QED) is 0.525. The third-order valence-corrected chi connectivity index (χ3v) is 6.14. The molecule has 3 aromatic rings. The molecule has 0 bridgehead atoms. The summed E-state index contributed by atoms with van der Waals surface area (Å²) >= 11 is 6.27. The van der Waals surface area contributed by atoms with Gasteiger partial charge < -0.3 is 15.4 Å². The summed E-state index contributed by atoms with van der Waals surface area (Å²) < 4.78 is 7.01. The molecule has 33 heavy (non-hydrogen) atoms. The van der Waals surface area contributed by atoms with Crippen LogP contribution in [0.4, 0.5) is 5.69 Å². The smallest absolute Gasteiger partial charge is 0.276 e. The minimum atomic E-state index is -0.388. The van der Waals surface area contributed by atoms with E-state index in [4.69, 9.17) is 16.3 Å². The summed E-state index contributed by atoms with van der Waals surface area (Å²) in [7, 11) is 1.59. The van der Waals surface area contributed by atoms with Crippen molar-refractivity contribution in [1.29, 1.82) is 0 Å². The summed E-state index contributed by atoms with van der Waals surface area (Å²) in [5, 5.41) is 10.6. The Morgan fingerprint density at radius 3 is 2.61 bits per heavy atom. The molecule has 2 N–H and O–H groups in total. The van der Waals surface area contributed by atoms with E-state index in [0.717, 1.165) is 36.9 Å². The minimum Gasteiger partial charge on any atom is -0.494 e. The number of anilines is 1. The first kappa shape index (κ1) is 22.9. The van der Waals surface area contributed by atoms with E-state index in [1.165, 1.54) is 6.42 Å². The van der Waals surface area contributed by atoms with Crippen molar-refractivity contribution in [3.05, 3.63) is 70.5 Å². The monoisotopic (exact) mass is 466 g/mol. The fourth-order valence-corrected chi connectivity index (χ4v) is 4.24. The summed E-state index contributed by atoms with van der Waals surface area (Å²) in [5.74, 6) is 0.0436. The molecule has 1 fully saturated rings. The van der Waals surface area contributed by atoms with E-state index < -0.39 is 0 Å². The van der Waals surface area contributed by atoms with Crippen molar-refractivity contribution in [1.82, 2.24) is 15.1 Å². The third-order valence-electron chi connectivity index (χ3n) is 5.81. The van der Waals surface area contributed by atoms with Crippen LogP contribution >= 0.6 is 11.6 Å². The molecule has 1 aromatic heterocycles. The maximum atomic E-state index is 12.8. The minimum absolute atomic E-state index is 0.170. The van der Waals surface area contributed by atoms with Crippen molar-refractivity contribution in [3.8, 4) is 11.4 Å². The van der Waals surface area contributed by atoms with Gasteiger partial charge in [-0.1, -0.05) is 36.9 Å². The molecular weight excluding hydrogens is 440 g/mol. The zero-order valence-electron chi connectivity index (χ0n) is 18.7. The molecule has 4 rings (SSSR count). The van der Waals surface area contributed by atoms with Crippen LogP contribution in [0.5, 0.6) is 5.75 Å². The van der Waals surface area contributed by atoms with Crippen LogP contribution in [0.1, 0.15) is 58.5 Å². The molecule has 0 atom stereocenters. The van der Waals surface area contributed by atoms with Gasteiger partial charge in [0, 0.05) is 17.9 Å². The maximum Gasteiger partial charge on any atom is 0.276 e. The van der Waals surface area contributed by atoms with Gasteiger partial charge in [0.05, 0.1) is 17.7 Å². The first-order valence-corrected chi connectivity index (χ1v) is 11.4. The van der Waals surface area contributed by atoms with E-state index >= 15 is 0 Å². The average Bonchev–Trinajstić information content (AvgIpc) is 3.31. The SMILES string of the molecule is COc1ccc(C)cc1-n1ccc(C(=O)Nc2ccc(Cl)c(C(=O)NC3CCCCC3)c2)n1. The zero-order chi connectivity index (χ0) is 23.4. The molecule has 0 spiro atoms. The second-order valence-corrected chi connectivity index (χ2v) is 8.69. The van der Waals surface area contributed by atoms with Gasteiger partial charge in [0.2, 0.25) is 0 Å². The van der Waals surface area contributed by atoms with Crippen LogP contribution < -0.4 is 15.4 Å². The van der Waals surface area contributed by atoms with Crippen molar-refractivity contribution >= 4 is 29.1 Å². The zero-order valence-corrected chi connectivity index (χ0v) is 19.5. The summed E-state index contributed by atoms with van der Waals surface area (Å²) in [6.07, 6.45) is 7.12. The number of halogens is 1. The number of carbonyl (C=O) groups is 2. The van der Waals surface area contributed by atoms with E-state index in [1.54, 1.807) is 42.3 Å². The number of methoxy groups -OCH3 is 1. The number of aromatic nitrogens is 2. The summed E-state index contributed by atoms with van der Waals surface area (Å²) in [6, 6.07) is 12.4. The van der Waals surface area contributed by atoms with Crippen molar-refractivity contribution < 1.29 is 14.3 Å². The van der Waals surface area contributed by atoms with Gasteiger partial charge in [-0.15, -0.1) is 0 Å². The molecule has 1 heterocycles. The Morgan fingerprint density at radius 2 is 1.85 bits per heavy atom. The van der Waals surface area contributed by atoms with Crippen LogP contribution in [0, 0.1) is 6.92 Å². The third kappa shape index (κ3) is 5.37. The van der Waals surface area contributed by atoms with Gasteiger partial charge in [0.25, 0.3) is 11.8 Å². The van der Waals surface area contributed by atoms with Gasteiger partial charge in [0.15, 0.2) is 5.69 Å². The Hall–Kier alpha value is -3.32. The highest BCUT2D eigenvalue weighted by Crippen LogP contribution is 2.25. The van der Waals surface area contributed by atoms with Crippen LogP contribution in [-0.2, 0) is 0 Å². The fraction of sp³-hybridized carbons (Fsp3) is 0.320. The first-order chi connectivity index (χ1) is 15.9. The molecular formula is C25H27ClN4O3. The largest absolute Gasteiger partial charge is 0.494 e. The van der Waals surface area contributed by atoms with Gasteiger partial charge in [-0.3, -0.25) is 9.59 Å². The average molecular weight is 467 g/mol. The first-order valence-electron chi connectivity index (χ1n) is 11.1. The molecule has 0 aliphatic heterocycles. The van der Waals surface area contributed by atoms with Crippen molar-refractivity contribution in [3.63, 3.8) is 0 Å². The normalized spacial score (nSPS) is 14.0. The standard InChI is InChI=1S/C25H27ClN4O3/c1-16-8-11-23(33-2)22(14-16)30-13-12-21(29-30)25(32)28-18-9-10-20(26)19(15-18)24(31)27-17-6-4-3-5-7-17/h8-15,17H,3-7H2,1-2H3,(H,27,31)(H,28,32). The number of rotatable bonds is 6. The maximum absolute atomic E-state index is 12.8. The summed E-state index contributed by atoms with van der Waals surface area (Å²) in [4.78, 5) is 25.6. The van der Waals surface area contributed by atoms with E-state index in [1.807, 2.05) is 25.1 Å². The summed E-state index contributed by atoms with van der Waals surface area (Å²) in [5.41, 5.74) is 2.84. The molecule has 0 saturated heterocycles. The van der Waals surface area contributed by atoms with E-state index in [0.29, 0.717) is 22.0 Å². The van der Waals surface area contributed by atoms with Gasteiger partial charge >= 0.3 is 0 Å². The molecule has 7 nitrogen and oxygen atoms in total. The highest BCUT2D eigenvalue weighted by molar-refractivity contribution is 6.34. The number of nitrogens with one attached hydrogen (secondary N) is 2. The topological polar surface area (TPSA) is 85.2 Å². The molecule has 1 aliphatic rings. The molecule has 1 aliphatic carbocycles. The number of amides is 2. The lowest BCUT2D eigenvalue weighted by Crippen LogP contribution is -2.36. The predicted octanol–water partition coefficient (Wildman–Crippen LogP) is 5.16. The Bertz CT molecular complexity index is 1170. The number of nitrogens with zero attached hydrogens (tertiary/aromatic N) is 2. The van der Waals surface area contributed by atoms with Crippen LogP contribution in [0.15, 0.2) is 48.7 Å². The Balaban J connectivity index is 1.48.